The molecule has 1 N–H and O–H groups in total. The summed E-state index contributed by atoms with van der Waals surface area (Å²) >= 11 is 0. The average molecular weight is 1440 g/mol. The standard InChI is InChI=1S/C94H143N3O8/c1-6-11-16-21-26-31-36-41-46-51-68-100-83-63-60-82(61-64-83)95-77-81-56-62-84(76-87(81)98)105-94(99)80-57-65-85-86(73-80)97-93(79-59-67-89(102-70-53-48-43-38-33-28-23-18-13-8-3)91(75-79)104-72-55-50-45-40-35-30-25-20-15-10-5)92(96-85)78-58-66-88(101-69-52-47-42-37-32-27-22-17-12-7-2)90(74-78)103-71-54-49-44-39-34-29-24-19-14-9-4/h56-67,73-77,98H,6-55,68-72H2,1-5H3. The minimum absolute atomic E-state index is 0.0647. The van der Waals surface area contributed by atoms with E-state index in [-0.39, 0.29) is 11.5 Å². The van der Waals surface area contributed by atoms with Crippen molar-refractivity contribution in [1.29, 1.82) is 0 Å². The van der Waals surface area contributed by atoms with Gasteiger partial charge in [-0.2, -0.15) is 0 Å². The Hall–Kier alpha value is -6.62. The van der Waals surface area contributed by atoms with Gasteiger partial charge in [-0.05, 0) is 123 Å². The molecule has 0 saturated carbocycles. The number of hydrogen-bond donors (Lipinski definition) is 1. The summed E-state index contributed by atoms with van der Waals surface area (Å²) in [6.45, 7) is 14.5. The van der Waals surface area contributed by atoms with Crippen molar-refractivity contribution in [3.05, 3.63) is 108 Å². The van der Waals surface area contributed by atoms with Crippen molar-refractivity contribution in [2.45, 2.75) is 356 Å². The summed E-state index contributed by atoms with van der Waals surface area (Å²) in [5, 5.41) is 11.2. The number of phenols is 1. The zero-order valence-electron chi connectivity index (χ0n) is 66.9. The summed E-state index contributed by atoms with van der Waals surface area (Å²) < 4.78 is 38.8. The van der Waals surface area contributed by atoms with Crippen LogP contribution in [-0.4, -0.2) is 60.3 Å². The highest BCUT2D eigenvalue weighted by atomic mass is 16.5. The van der Waals surface area contributed by atoms with Gasteiger partial charge in [0.05, 0.1) is 66.7 Å². The maximum Gasteiger partial charge on any atom is 0.343 e. The summed E-state index contributed by atoms with van der Waals surface area (Å²) in [4.78, 5) is 29.7. The van der Waals surface area contributed by atoms with Crippen molar-refractivity contribution in [2.24, 2.45) is 4.99 Å². The third-order valence-electron chi connectivity index (χ3n) is 20.5. The first kappa shape index (κ1) is 87.3. The number of esters is 1. The number of aliphatic imine (C=N–C) groups is 1. The van der Waals surface area contributed by atoms with E-state index in [0.717, 1.165) is 91.9 Å². The number of aromatic hydroxyl groups is 1. The first-order chi connectivity index (χ1) is 51.8. The molecule has 582 valence electrons. The van der Waals surface area contributed by atoms with Crippen LogP contribution in [0.1, 0.15) is 372 Å². The zero-order valence-corrected chi connectivity index (χ0v) is 66.9. The lowest BCUT2D eigenvalue weighted by Crippen LogP contribution is -2.09. The molecular formula is C94H143N3O8. The summed E-state index contributed by atoms with van der Waals surface area (Å²) in [5.74, 6) is 3.21. The van der Waals surface area contributed by atoms with E-state index in [4.69, 9.17) is 38.4 Å². The number of nitrogens with zero attached hydrogens (tertiary/aromatic N) is 3. The van der Waals surface area contributed by atoms with Crippen LogP contribution in [0, 0.1) is 0 Å². The molecule has 0 aliphatic rings. The second-order valence-electron chi connectivity index (χ2n) is 30.0. The van der Waals surface area contributed by atoms with E-state index >= 15 is 0 Å². The monoisotopic (exact) mass is 1440 g/mol. The van der Waals surface area contributed by atoms with Crippen LogP contribution < -0.4 is 28.4 Å². The highest BCUT2D eigenvalue weighted by molar-refractivity contribution is 5.96. The number of hydrogen-bond acceptors (Lipinski definition) is 11. The number of fused-ring (bicyclic) bond motifs is 1. The van der Waals surface area contributed by atoms with Crippen molar-refractivity contribution < 1.29 is 38.3 Å². The minimum Gasteiger partial charge on any atom is -0.507 e. The zero-order chi connectivity index (χ0) is 74.1. The molecule has 5 aromatic carbocycles. The Morgan fingerprint density at radius 2 is 0.648 bits per heavy atom. The van der Waals surface area contributed by atoms with E-state index in [0.29, 0.717) is 78.1 Å². The smallest absolute Gasteiger partial charge is 0.343 e. The van der Waals surface area contributed by atoms with Crippen LogP contribution in [0.3, 0.4) is 0 Å². The van der Waals surface area contributed by atoms with Gasteiger partial charge in [-0.1, -0.05) is 324 Å². The summed E-state index contributed by atoms with van der Waals surface area (Å²) in [7, 11) is 0. The van der Waals surface area contributed by atoms with Crippen LogP contribution in [0.2, 0.25) is 0 Å². The Morgan fingerprint density at radius 3 is 1.01 bits per heavy atom. The molecule has 11 nitrogen and oxygen atoms in total. The maximum atomic E-state index is 14.2. The van der Waals surface area contributed by atoms with E-state index in [1.165, 1.54) is 269 Å². The molecule has 0 fully saturated rings. The molecule has 0 aliphatic heterocycles. The van der Waals surface area contributed by atoms with Crippen LogP contribution >= 0.6 is 0 Å². The van der Waals surface area contributed by atoms with Crippen LogP contribution in [0.5, 0.6) is 40.2 Å². The highest BCUT2D eigenvalue weighted by Crippen LogP contribution is 2.41. The molecule has 6 aromatic rings. The van der Waals surface area contributed by atoms with Gasteiger partial charge in [0.1, 0.15) is 17.2 Å². The lowest BCUT2D eigenvalue weighted by molar-refractivity contribution is 0.0734. The first-order valence-electron chi connectivity index (χ1n) is 43.3. The van der Waals surface area contributed by atoms with Gasteiger partial charge < -0.3 is 33.5 Å². The van der Waals surface area contributed by atoms with Crippen molar-refractivity contribution in [1.82, 2.24) is 9.97 Å². The third kappa shape index (κ3) is 37.7. The number of phenolic OH excluding ortho intramolecular Hbond substituents is 1. The molecule has 0 spiro atoms. The minimum atomic E-state index is -0.593. The Kier molecular flexibility index (Phi) is 47.8. The molecule has 11 heteroatoms. The molecule has 0 unspecified atom stereocenters. The van der Waals surface area contributed by atoms with E-state index in [2.05, 4.69) is 63.9 Å². The van der Waals surface area contributed by atoms with E-state index in [1.807, 2.05) is 42.5 Å². The van der Waals surface area contributed by atoms with Gasteiger partial charge in [0, 0.05) is 29.0 Å². The first-order valence-corrected chi connectivity index (χ1v) is 43.3. The number of unbranched alkanes of at least 4 members (excludes halogenated alkanes) is 45. The number of ether oxygens (including phenoxy) is 6. The molecule has 0 radical (unpaired) electrons. The van der Waals surface area contributed by atoms with Gasteiger partial charge in [-0.25, -0.2) is 14.8 Å². The second-order valence-corrected chi connectivity index (χ2v) is 30.0. The molecule has 0 amide bonds. The summed E-state index contributed by atoms with van der Waals surface area (Å²) in [6.07, 6.45) is 64.7. The van der Waals surface area contributed by atoms with Crippen LogP contribution in [-0.2, 0) is 0 Å². The molecule has 6 rings (SSSR count). The largest absolute Gasteiger partial charge is 0.507 e. The number of rotatable bonds is 66. The van der Waals surface area contributed by atoms with Crippen molar-refractivity contribution in [3.8, 4) is 62.8 Å². The molecule has 105 heavy (non-hydrogen) atoms. The molecule has 0 aliphatic carbocycles. The average Bonchev–Trinajstić information content (AvgIpc) is 0.768. The number of carbonyl (C=O) groups excluding carboxylic acids is 1. The van der Waals surface area contributed by atoms with E-state index < -0.39 is 5.97 Å². The van der Waals surface area contributed by atoms with E-state index in [9.17, 15) is 9.90 Å². The van der Waals surface area contributed by atoms with Gasteiger partial charge in [0.25, 0.3) is 0 Å². The number of carbonyl (C=O) groups is 1. The number of aromatic nitrogens is 2. The Bertz CT molecular complexity index is 3220. The van der Waals surface area contributed by atoms with Gasteiger partial charge in [-0.15, -0.1) is 0 Å². The fourth-order valence-electron chi connectivity index (χ4n) is 13.9. The Morgan fingerprint density at radius 1 is 0.324 bits per heavy atom. The molecule has 0 atom stereocenters. The fraction of sp³-hybridized carbons (Fsp3) is 0.638. The van der Waals surface area contributed by atoms with E-state index in [1.54, 1.807) is 30.5 Å². The Labute approximate surface area is 638 Å². The molecular weight excluding hydrogens is 1300 g/mol. The predicted molar refractivity (Wildman–Crippen MR) is 444 cm³/mol. The van der Waals surface area contributed by atoms with Gasteiger partial charge >= 0.3 is 5.97 Å². The lowest BCUT2D eigenvalue weighted by Gasteiger charge is -2.17. The SMILES string of the molecule is CCCCCCCCCCCCOc1ccc(N=Cc2ccc(OC(=O)c3ccc4nc(-c5ccc(OCCCCCCCCCCCC)c(OCCCCCCCCCCCC)c5)c(-c5ccc(OCCCCCCCCCCCC)c(OCCCCCCCCCCCC)c5)nc4c3)cc2O)cc1. The van der Waals surface area contributed by atoms with Crippen molar-refractivity contribution >= 4 is 28.9 Å². The third-order valence-corrected chi connectivity index (χ3v) is 20.5. The highest BCUT2D eigenvalue weighted by Gasteiger charge is 2.21. The van der Waals surface area contributed by atoms with Crippen LogP contribution in [0.25, 0.3) is 33.5 Å². The molecule has 1 heterocycles. The summed E-state index contributed by atoms with van der Waals surface area (Å²) in [6, 6.07) is 30.2. The Balaban J connectivity index is 1.23. The maximum absolute atomic E-state index is 14.2. The second kappa shape index (κ2) is 57.5. The predicted octanol–water partition coefficient (Wildman–Crippen LogP) is 29.1. The quantitative estimate of drug-likeness (QED) is 0.0170. The molecule has 0 saturated heterocycles. The van der Waals surface area contributed by atoms with Crippen LogP contribution in [0.15, 0.2) is 102 Å². The topological polar surface area (TPSA) is 131 Å². The van der Waals surface area contributed by atoms with Gasteiger partial charge in [0.2, 0.25) is 0 Å². The van der Waals surface area contributed by atoms with Crippen molar-refractivity contribution in [2.75, 3.05) is 33.0 Å². The van der Waals surface area contributed by atoms with Crippen molar-refractivity contribution in [3.63, 3.8) is 0 Å². The van der Waals surface area contributed by atoms with Crippen LogP contribution in [0.4, 0.5) is 5.69 Å². The lowest BCUT2D eigenvalue weighted by atomic mass is 10.0. The molecule has 0 bridgehead atoms. The summed E-state index contributed by atoms with van der Waals surface area (Å²) in [5.41, 5.74) is 5.59. The van der Waals surface area contributed by atoms with Gasteiger partial charge in [-0.3, -0.25) is 4.99 Å². The normalized spacial score (nSPS) is 11.5. The fourth-order valence-corrected chi connectivity index (χ4v) is 13.9. The van der Waals surface area contributed by atoms with Gasteiger partial charge in [0.15, 0.2) is 23.0 Å². The molecule has 1 aromatic heterocycles. The number of benzene rings is 5.